The van der Waals surface area contributed by atoms with E-state index in [9.17, 15) is 4.39 Å². The summed E-state index contributed by atoms with van der Waals surface area (Å²) >= 11 is 2.15. The Bertz CT molecular complexity index is 617. The van der Waals surface area contributed by atoms with E-state index in [1.165, 1.54) is 11.6 Å². The van der Waals surface area contributed by atoms with Gasteiger partial charge in [0.2, 0.25) is 0 Å². The molecular formula is C16H15FINO. The first-order valence-electron chi connectivity index (χ1n) is 6.64. The molecule has 3 rings (SSSR count). The van der Waals surface area contributed by atoms with E-state index in [4.69, 9.17) is 4.74 Å². The predicted molar refractivity (Wildman–Crippen MR) is 86.9 cm³/mol. The van der Waals surface area contributed by atoms with Crippen LogP contribution in [-0.2, 0) is 0 Å². The Morgan fingerprint density at radius 3 is 2.95 bits per heavy atom. The van der Waals surface area contributed by atoms with Crippen molar-refractivity contribution in [1.82, 2.24) is 0 Å². The van der Waals surface area contributed by atoms with Crippen molar-refractivity contribution in [3.05, 3.63) is 57.4 Å². The number of hydrogen-bond acceptors (Lipinski definition) is 2. The smallest absolute Gasteiger partial charge is 0.124 e. The largest absolute Gasteiger partial charge is 0.493 e. The maximum atomic E-state index is 13.1. The lowest BCUT2D eigenvalue weighted by atomic mass is 9.93. The molecular weight excluding hydrogens is 368 g/mol. The van der Waals surface area contributed by atoms with Gasteiger partial charge in [-0.05, 0) is 58.8 Å². The molecule has 0 amide bonds. The minimum atomic E-state index is -0.198. The Hall–Kier alpha value is -1.30. The molecule has 1 heterocycles. The van der Waals surface area contributed by atoms with Gasteiger partial charge in [-0.2, -0.15) is 0 Å². The van der Waals surface area contributed by atoms with Crippen LogP contribution in [0.2, 0.25) is 0 Å². The molecule has 0 radical (unpaired) electrons. The van der Waals surface area contributed by atoms with E-state index in [1.54, 1.807) is 12.1 Å². The number of para-hydroxylation sites is 1. The number of ether oxygens (including phenoxy) is 1. The number of nitrogens with one attached hydrogen (secondary N) is 1. The second-order valence-corrected chi connectivity index (χ2v) is 6.04. The molecule has 2 aromatic rings. The highest BCUT2D eigenvalue weighted by molar-refractivity contribution is 14.1. The first-order valence-corrected chi connectivity index (χ1v) is 7.72. The Morgan fingerprint density at radius 1 is 1.25 bits per heavy atom. The molecule has 1 unspecified atom stereocenters. The first kappa shape index (κ1) is 13.7. The van der Waals surface area contributed by atoms with Gasteiger partial charge in [-0.25, -0.2) is 4.39 Å². The molecule has 2 aromatic carbocycles. The van der Waals surface area contributed by atoms with Gasteiger partial charge in [0.25, 0.3) is 0 Å². The van der Waals surface area contributed by atoms with Crippen molar-refractivity contribution in [2.75, 3.05) is 18.5 Å². The normalized spacial score (nSPS) is 17.2. The number of hydrogen-bond donors (Lipinski definition) is 1. The first-order chi connectivity index (χ1) is 9.74. The number of benzene rings is 2. The Kier molecular flexibility index (Phi) is 4.10. The van der Waals surface area contributed by atoms with Crippen molar-refractivity contribution < 1.29 is 9.13 Å². The van der Waals surface area contributed by atoms with Crippen molar-refractivity contribution in [2.45, 2.75) is 12.3 Å². The van der Waals surface area contributed by atoms with Gasteiger partial charge in [0.05, 0.1) is 6.61 Å². The van der Waals surface area contributed by atoms with Crippen LogP contribution in [0.4, 0.5) is 10.1 Å². The number of fused-ring (bicyclic) bond motifs is 1. The van der Waals surface area contributed by atoms with Gasteiger partial charge in [-0.15, -0.1) is 0 Å². The van der Waals surface area contributed by atoms with Crippen LogP contribution in [-0.4, -0.2) is 13.2 Å². The van der Waals surface area contributed by atoms with Gasteiger partial charge >= 0.3 is 0 Å². The van der Waals surface area contributed by atoms with Crippen molar-refractivity contribution in [1.29, 1.82) is 0 Å². The van der Waals surface area contributed by atoms with Gasteiger partial charge in [-0.1, -0.05) is 18.2 Å². The zero-order chi connectivity index (χ0) is 13.9. The SMILES string of the molecule is Fc1ccc(NCC2CCOc3ccccc32)c(I)c1. The van der Waals surface area contributed by atoms with E-state index in [0.717, 1.165) is 34.6 Å². The number of anilines is 1. The zero-order valence-corrected chi connectivity index (χ0v) is 13.1. The third-order valence-electron chi connectivity index (χ3n) is 3.55. The summed E-state index contributed by atoms with van der Waals surface area (Å²) in [6, 6.07) is 13.0. The summed E-state index contributed by atoms with van der Waals surface area (Å²) in [5, 5.41) is 3.42. The van der Waals surface area contributed by atoms with E-state index in [2.05, 4.69) is 34.0 Å². The fourth-order valence-electron chi connectivity index (χ4n) is 2.49. The fraction of sp³-hybridized carbons (Fsp3) is 0.250. The molecule has 20 heavy (non-hydrogen) atoms. The highest BCUT2D eigenvalue weighted by Gasteiger charge is 2.20. The van der Waals surface area contributed by atoms with Gasteiger partial charge in [-0.3, -0.25) is 0 Å². The van der Waals surface area contributed by atoms with E-state index in [1.807, 2.05) is 18.2 Å². The van der Waals surface area contributed by atoms with Crippen molar-refractivity contribution >= 4 is 28.3 Å². The van der Waals surface area contributed by atoms with Gasteiger partial charge in [0, 0.05) is 21.7 Å². The Balaban J connectivity index is 1.73. The molecule has 1 atom stereocenters. The van der Waals surface area contributed by atoms with Gasteiger partial charge in [0.1, 0.15) is 11.6 Å². The molecule has 0 fully saturated rings. The minimum absolute atomic E-state index is 0.198. The topological polar surface area (TPSA) is 21.3 Å². The summed E-state index contributed by atoms with van der Waals surface area (Å²) < 4.78 is 19.7. The van der Waals surface area contributed by atoms with Crippen LogP contribution in [0.1, 0.15) is 17.9 Å². The highest BCUT2D eigenvalue weighted by Crippen LogP contribution is 2.33. The lowest BCUT2D eigenvalue weighted by Gasteiger charge is -2.26. The highest BCUT2D eigenvalue weighted by atomic mass is 127. The zero-order valence-electron chi connectivity index (χ0n) is 10.9. The van der Waals surface area contributed by atoms with Crippen LogP contribution >= 0.6 is 22.6 Å². The average Bonchev–Trinajstić information content (AvgIpc) is 2.46. The summed E-state index contributed by atoms with van der Waals surface area (Å²) in [6.45, 7) is 1.59. The second kappa shape index (κ2) is 5.99. The minimum Gasteiger partial charge on any atom is -0.493 e. The van der Waals surface area contributed by atoms with Crippen LogP contribution in [0.25, 0.3) is 0 Å². The van der Waals surface area contributed by atoms with Crippen LogP contribution in [0.5, 0.6) is 5.75 Å². The molecule has 0 aliphatic carbocycles. The summed E-state index contributed by atoms with van der Waals surface area (Å²) in [5.41, 5.74) is 2.24. The molecule has 1 aliphatic heterocycles. The van der Waals surface area contributed by atoms with Crippen LogP contribution in [0.3, 0.4) is 0 Å². The standard InChI is InChI=1S/C16H15FINO/c17-12-5-6-15(14(18)9-12)19-10-11-7-8-20-16-4-2-1-3-13(11)16/h1-6,9,11,19H,7-8,10H2. The van der Waals surface area contributed by atoms with E-state index in [0.29, 0.717) is 5.92 Å². The van der Waals surface area contributed by atoms with Gasteiger partial charge in [0.15, 0.2) is 0 Å². The third-order valence-corrected chi connectivity index (χ3v) is 4.45. The average molecular weight is 383 g/mol. The van der Waals surface area contributed by atoms with Crippen LogP contribution < -0.4 is 10.1 Å². The number of halogens is 2. The Morgan fingerprint density at radius 2 is 2.10 bits per heavy atom. The van der Waals surface area contributed by atoms with Gasteiger partial charge < -0.3 is 10.1 Å². The molecule has 0 saturated carbocycles. The molecule has 2 nitrogen and oxygen atoms in total. The van der Waals surface area contributed by atoms with E-state index < -0.39 is 0 Å². The summed E-state index contributed by atoms with van der Waals surface area (Å²) in [5.74, 6) is 1.22. The summed E-state index contributed by atoms with van der Waals surface area (Å²) in [4.78, 5) is 0. The number of rotatable bonds is 3. The second-order valence-electron chi connectivity index (χ2n) is 4.88. The molecule has 104 valence electrons. The fourth-order valence-corrected chi connectivity index (χ4v) is 3.16. The summed E-state index contributed by atoms with van der Waals surface area (Å²) in [6.07, 6.45) is 1.00. The predicted octanol–water partition coefficient (Wildman–Crippen LogP) is 4.41. The monoisotopic (exact) mass is 383 g/mol. The lowest BCUT2D eigenvalue weighted by Crippen LogP contribution is -2.21. The molecule has 0 aromatic heterocycles. The van der Waals surface area contributed by atoms with Crippen molar-refractivity contribution in [2.24, 2.45) is 0 Å². The van der Waals surface area contributed by atoms with Crippen LogP contribution in [0, 0.1) is 9.39 Å². The van der Waals surface area contributed by atoms with E-state index in [-0.39, 0.29) is 5.82 Å². The molecule has 1 N–H and O–H groups in total. The van der Waals surface area contributed by atoms with E-state index >= 15 is 0 Å². The van der Waals surface area contributed by atoms with Crippen molar-refractivity contribution in [3.8, 4) is 5.75 Å². The maximum absolute atomic E-state index is 13.1. The summed E-state index contributed by atoms with van der Waals surface area (Å²) in [7, 11) is 0. The van der Waals surface area contributed by atoms with Crippen LogP contribution in [0.15, 0.2) is 42.5 Å². The molecule has 0 spiro atoms. The molecule has 1 aliphatic rings. The van der Waals surface area contributed by atoms with Crippen molar-refractivity contribution in [3.63, 3.8) is 0 Å². The molecule has 0 bridgehead atoms. The Labute approximate surface area is 131 Å². The third kappa shape index (κ3) is 2.90. The molecule has 4 heteroatoms. The lowest BCUT2D eigenvalue weighted by molar-refractivity contribution is 0.270. The quantitative estimate of drug-likeness (QED) is 0.793. The molecule has 0 saturated heterocycles. The maximum Gasteiger partial charge on any atom is 0.124 e.